The molecule has 0 unspecified atom stereocenters. The molecule has 0 aliphatic heterocycles. The van der Waals surface area contributed by atoms with Gasteiger partial charge in [0, 0.05) is 24.7 Å². The fraction of sp³-hybridized carbons (Fsp3) is 0.333. The lowest BCUT2D eigenvalue weighted by Crippen LogP contribution is -2.06. The van der Waals surface area contributed by atoms with E-state index in [4.69, 9.17) is 0 Å². The number of benzene rings is 1. The minimum absolute atomic E-state index is 0.306. The Morgan fingerprint density at radius 3 is 2.52 bits per heavy atom. The first-order valence-corrected chi connectivity index (χ1v) is 7.67. The molecule has 0 bridgehead atoms. The van der Waals surface area contributed by atoms with Crippen molar-refractivity contribution in [2.24, 2.45) is 0 Å². The first kappa shape index (κ1) is 15.7. The van der Waals surface area contributed by atoms with E-state index in [1.807, 2.05) is 26.8 Å². The summed E-state index contributed by atoms with van der Waals surface area (Å²) in [5, 5.41) is 6.33. The molecule has 6 heteroatoms. The van der Waals surface area contributed by atoms with Crippen LogP contribution in [-0.2, 0) is 6.42 Å². The molecule has 2 aromatic rings. The Balaban J connectivity index is 2.34. The molecule has 112 valence electrons. The van der Waals surface area contributed by atoms with Crippen LogP contribution in [-0.4, -0.2) is 16.5 Å². The molecule has 0 spiro atoms. The van der Waals surface area contributed by atoms with Crippen LogP contribution in [0.4, 0.5) is 21.7 Å². The lowest BCUT2D eigenvalue weighted by Gasteiger charge is -2.12. The van der Waals surface area contributed by atoms with E-state index in [1.165, 1.54) is 6.07 Å². The summed E-state index contributed by atoms with van der Waals surface area (Å²) < 4.78 is 14.1. The van der Waals surface area contributed by atoms with Crippen LogP contribution in [0.25, 0.3) is 0 Å². The Morgan fingerprint density at radius 2 is 1.86 bits per heavy atom. The van der Waals surface area contributed by atoms with Crippen molar-refractivity contribution < 1.29 is 4.39 Å². The van der Waals surface area contributed by atoms with Gasteiger partial charge in [0.05, 0.1) is 4.47 Å². The zero-order valence-electron chi connectivity index (χ0n) is 12.3. The smallest absolute Gasteiger partial charge is 0.139 e. The van der Waals surface area contributed by atoms with Crippen molar-refractivity contribution in [3.05, 3.63) is 39.9 Å². The maximum Gasteiger partial charge on any atom is 0.139 e. The summed E-state index contributed by atoms with van der Waals surface area (Å²) in [6.07, 6.45) is 0.738. The van der Waals surface area contributed by atoms with Crippen molar-refractivity contribution in [1.82, 2.24) is 9.97 Å². The predicted octanol–water partition coefficient (Wildman–Crippen LogP) is 4.42. The van der Waals surface area contributed by atoms with Crippen molar-refractivity contribution in [3.8, 4) is 0 Å². The average Bonchev–Trinajstić information content (AvgIpc) is 2.45. The molecule has 1 heterocycles. The van der Waals surface area contributed by atoms with E-state index in [0.717, 1.165) is 30.2 Å². The summed E-state index contributed by atoms with van der Waals surface area (Å²) in [5.41, 5.74) is 1.63. The van der Waals surface area contributed by atoms with Crippen molar-refractivity contribution in [2.45, 2.75) is 27.2 Å². The van der Waals surface area contributed by atoms with Crippen molar-refractivity contribution in [2.75, 3.05) is 17.2 Å². The highest BCUT2D eigenvalue weighted by atomic mass is 79.9. The summed E-state index contributed by atoms with van der Waals surface area (Å²) >= 11 is 3.18. The topological polar surface area (TPSA) is 49.8 Å². The third-order valence-corrected chi connectivity index (χ3v) is 3.58. The highest BCUT2D eigenvalue weighted by molar-refractivity contribution is 9.10. The molecule has 4 nitrogen and oxygen atoms in total. The molecule has 0 saturated carbocycles. The molecule has 21 heavy (non-hydrogen) atoms. The monoisotopic (exact) mass is 352 g/mol. The number of nitrogens with zero attached hydrogens (tertiary/aromatic N) is 2. The lowest BCUT2D eigenvalue weighted by molar-refractivity contribution is 0.621. The van der Waals surface area contributed by atoms with Crippen LogP contribution in [0.15, 0.2) is 22.7 Å². The number of rotatable bonds is 5. The van der Waals surface area contributed by atoms with Crippen LogP contribution in [0.3, 0.4) is 0 Å². The Bertz CT molecular complexity index is 646. The van der Waals surface area contributed by atoms with Gasteiger partial charge in [0.2, 0.25) is 0 Å². The molecule has 0 atom stereocenters. The molecule has 0 amide bonds. The van der Waals surface area contributed by atoms with Gasteiger partial charge < -0.3 is 10.6 Å². The summed E-state index contributed by atoms with van der Waals surface area (Å²) in [5.74, 6) is 1.86. The highest BCUT2D eigenvalue weighted by Crippen LogP contribution is 2.26. The van der Waals surface area contributed by atoms with Crippen LogP contribution in [0.5, 0.6) is 0 Å². The molecule has 2 rings (SSSR count). The van der Waals surface area contributed by atoms with Crippen molar-refractivity contribution in [1.29, 1.82) is 0 Å². The number of halogens is 2. The third kappa shape index (κ3) is 3.91. The van der Waals surface area contributed by atoms with Gasteiger partial charge in [-0.2, -0.15) is 0 Å². The van der Waals surface area contributed by atoms with E-state index in [-0.39, 0.29) is 5.82 Å². The number of hydrogen-bond donors (Lipinski definition) is 2. The second-order valence-electron chi connectivity index (χ2n) is 4.64. The Kier molecular flexibility index (Phi) is 5.12. The Hall–Kier alpha value is -1.69. The van der Waals surface area contributed by atoms with Gasteiger partial charge in [-0.05, 0) is 47.5 Å². The van der Waals surface area contributed by atoms with E-state index in [9.17, 15) is 4.39 Å². The minimum Gasteiger partial charge on any atom is -0.370 e. The predicted molar refractivity (Wildman–Crippen MR) is 87.7 cm³/mol. The van der Waals surface area contributed by atoms with Gasteiger partial charge in [-0.15, -0.1) is 0 Å². The fourth-order valence-electron chi connectivity index (χ4n) is 1.91. The standard InChI is InChI=1S/C15H18BrFN4/c1-4-13-20-14(18-5-2)8-15(21-13)19-12-7-11(17)10(16)6-9(12)3/h6-8H,4-5H2,1-3H3,(H2,18,19,20,21). The Morgan fingerprint density at radius 1 is 1.14 bits per heavy atom. The first-order chi connectivity index (χ1) is 10.0. The molecule has 0 aliphatic carbocycles. The molecule has 0 radical (unpaired) electrons. The van der Waals surface area contributed by atoms with Crippen LogP contribution in [0, 0.1) is 12.7 Å². The van der Waals surface area contributed by atoms with E-state index in [2.05, 4.69) is 36.5 Å². The number of anilines is 3. The molecule has 0 fully saturated rings. The molecule has 0 aliphatic rings. The summed E-state index contributed by atoms with van der Waals surface area (Å²) in [4.78, 5) is 8.82. The van der Waals surface area contributed by atoms with Gasteiger partial charge >= 0.3 is 0 Å². The number of aromatic nitrogens is 2. The van der Waals surface area contributed by atoms with E-state index in [1.54, 1.807) is 6.07 Å². The van der Waals surface area contributed by atoms with Crippen molar-refractivity contribution in [3.63, 3.8) is 0 Å². The lowest BCUT2D eigenvalue weighted by atomic mass is 10.2. The van der Waals surface area contributed by atoms with Crippen LogP contribution < -0.4 is 10.6 Å². The van der Waals surface area contributed by atoms with Gasteiger partial charge in [0.25, 0.3) is 0 Å². The molecular formula is C15H18BrFN4. The average molecular weight is 353 g/mol. The highest BCUT2D eigenvalue weighted by Gasteiger charge is 2.08. The SMILES string of the molecule is CCNc1cc(Nc2cc(F)c(Br)cc2C)nc(CC)n1. The van der Waals surface area contributed by atoms with Gasteiger partial charge in [0.15, 0.2) is 0 Å². The first-order valence-electron chi connectivity index (χ1n) is 6.88. The maximum atomic E-state index is 13.7. The number of nitrogens with one attached hydrogen (secondary N) is 2. The van der Waals surface area contributed by atoms with Gasteiger partial charge in [-0.3, -0.25) is 0 Å². The van der Waals surface area contributed by atoms with Crippen molar-refractivity contribution >= 4 is 33.3 Å². The van der Waals surface area contributed by atoms with Gasteiger partial charge in [-0.25, -0.2) is 14.4 Å². The van der Waals surface area contributed by atoms with E-state index in [0.29, 0.717) is 16.0 Å². The number of hydrogen-bond acceptors (Lipinski definition) is 4. The molecular weight excluding hydrogens is 335 g/mol. The largest absolute Gasteiger partial charge is 0.370 e. The summed E-state index contributed by atoms with van der Waals surface area (Å²) in [6, 6.07) is 5.02. The van der Waals surface area contributed by atoms with Gasteiger partial charge in [-0.1, -0.05) is 6.92 Å². The fourth-order valence-corrected chi connectivity index (χ4v) is 2.37. The van der Waals surface area contributed by atoms with E-state index >= 15 is 0 Å². The van der Waals surface area contributed by atoms with Crippen LogP contribution in [0.2, 0.25) is 0 Å². The van der Waals surface area contributed by atoms with Gasteiger partial charge in [0.1, 0.15) is 23.3 Å². The molecule has 1 aromatic heterocycles. The maximum absolute atomic E-state index is 13.7. The zero-order valence-corrected chi connectivity index (χ0v) is 13.9. The van der Waals surface area contributed by atoms with E-state index < -0.39 is 0 Å². The molecule has 1 aromatic carbocycles. The normalized spacial score (nSPS) is 10.5. The molecule has 0 saturated heterocycles. The number of aryl methyl sites for hydroxylation is 2. The third-order valence-electron chi connectivity index (χ3n) is 2.98. The summed E-state index contributed by atoms with van der Waals surface area (Å²) in [7, 11) is 0. The zero-order chi connectivity index (χ0) is 15.4. The minimum atomic E-state index is -0.306. The second kappa shape index (κ2) is 6.85. The Labute approximate surface area is 132 Å². The van der Waals surface area contributed by atoms with Crippen LogP contribution in [0.1, 0.15) is 25.2 Å². The second-order valence-corrected chi connectivity index (χ2v) is 5.50. The van der Waals surface area contributed by atoms with Crippen LogP contribution >= 0.6 is 15.9 Å². The summed E-state index contributed by atoms with van der Waals surface area (Å²) in [6.45, 7) is 6.71. The quantitative estimate of drug-likeness (QED) is 0.835. The molecule has 2 N–H and O–H groups in total.